The molecule has 0 unspecified atom stereocenters. The predicted octanol–water partition coefficient (Wildman–Crippen LogP) is 3.30. The van der Waals surface area contributed by atoms with Gasteiger partial charge in [-0.2, -0.15) is 0 Å². The van der Waals surface area contributed by atoms with Crippen LogP contribution in [0.1, 0.15) is 25.3 Å². The molecule has 0 nitrogen and oxygen atoms in total. The average Bonchev–Trinajstić information content (AvgIpc) is 2.19. The van der Waals surface area contributed by atoms with Gasteiger partial charge in [0.1, 0.15) is 0 Å². The van der Waals surface area contributed by atoms with Crippen LogP contribution in [0.2, 0.25) is 12.1 Å². The van der Waals surface area contributed by atoms with Gasteiger partial charge in [-0.25, -0.2) is 0 Å². The molecule has 0 N–H and O–H groups in total. The van der Waals surface area contributed by atoms with E-state index in [2.05, 4.69) is 37.3 Å². The highest BCUT2D eigenvalue weighted by atomic mass is 28.2. The number of hydrogen-bond acceptors (Lipinski definition) is 0. The van der Waals surface area contributed by atoms with Gasteiger partial charge in [-0.1, -0.05) is 62.2 Å². The van der Waals surface area contributed by atoms with Gasteiger partial charge in [0.2, 0.25) is 0 Å². The molecule has 0 spiro atoms. The van der Waals surface area contributed by atoms with Crippen molar-refractivity contribution in [1.29, 1.82) is 0 Å². The van der Waals surface area contributed by atoms with E-state index >= 15 is 0 Å². The molecule has 0 aliphatic carbocycles. The van der Waals surface area contributed by atoms with Crippen molar-refractivity contribution in [2.75, 3.05) is 0 Å². The first-order valence-corrected chi connectivity index (χ1v) is 6.92. The Balaban J connectivity index is 2.07. The van der Waals surface area contributed by atoms with E-state index in [1.807, 2.05) is 0 Å². The lowest BCUT2D eigenvalue weighted by Crippen LogP contribution is -1.92. The van der Waals surface area contributed by atoms with Gasteiger partial charge in [-0.3, -0.25) is 0 Å². The molecule has 0 saturated carbocycles. The van der Waals surface area contributed by atoms with Crippen molar-refractivity contribution in [2.45, 2.75) is 38.3 Å². The largest absolute Gasteiger partial charge is 0.0654 e. The van der Waals surface area contributed by atoms with Gasteiger partial charge in [-0.05, 0) is 12.0 Å². The fraction of sp³-hybridized carbons (Fsp3) is 0.500. The molecule has 0 heterocycles. The minimum atomic E-state index is 0.711. The molecular weight excluding hydrogens is 172 g/mol. The van der Waals surface area contributed by atoms with Gasteiger partial charge >= 0.3 is 0 Å². The summed E-state index contributed by atoms with van der Waals surface area (Å²) >= 11 is 0. The van der Waals surface area contributed by atoms with Crippen molar-refractivity contribution in [2.24, 2.45) is 0 Å². The fourth-order valence-electron chi connectivity index (χ4n) is 1.41. The number of rotatable bonds is 6. The summed E-state index contributed by atoms with van der Waals surface area (Å²) in [5, 5.41) is 0. The van der Waals surface area contributed by atoms with Crippen LogP contribution in [0.3, 0.4) is 0 Å². The molecular formula is C12H19Si. The third-order valence-corrected chi connectivity index (χ3v) is 3.76. The second-order valence-electron chi connectivity index (χ2n) is 3.46. The third kappa shape index (κ3) is 4.89. The molecule has 1 aromatic rings. The van der Waals surface area contributed by atoms with E-state index in [-0.39, 0.29) is 0 Å². The van der Waals surface area contributed by atoms with Crippen LogP contribution in [-0.4, -0.2) is 9.52 Å². The maximum absolute atomic E-state index is 2.27. The molecule has 1 heteroatoms. The van der Waals surface area contributed by atoms with Crippen LogP contribution in [0, 0.1) is 0 Å². The highest BCUT2D eigenvalue weighted by Gasteiger charge is 1.92. The Hall–Kier alpha value is -0.563. The number of aryl methyl sites for hydroxylation is 1. The van der Waals surface area contributed by atoms with Crippen LogP contribution < -0.4 is 0 Å². The molecule has 0 aliphatic heterocycles. The van der Waals surface area contributed by atoms with E-state index < -0.39 is 0 Å². The van der Waals surface area contributed by atoms with Crippen molar-refractivity contribution in [1.82, 2.24) is 0 Å². The van der Waals surface area contributed by atoms with E-state index in [4.69, 9.17) is 0 Å². The average molecular weight is 191 g/mol. The maximum Gasteiger partial charge on any atom is 0.0283 e. The van der Waals surface area contributed by atoms with E-state index in [1.165, 1.54) is 36.9 Å². The summed E-state index contributed by atoms with van der Waals surface area (Å²) in [5.41, 5.74) is 1.51. The monoisotopic (exact) mass is 191 g/mol. The van der Waals surface area contributed by atoms with E-state index in [0.29, 0.717) is 9.52 Å². The molecule has 1 rings (SSSR count). The first-order chi connectivity index (χ1) is 6.43. The Morgan fingerprint density at radius 1 is 1.08 bits per heavy atom. The van der Waals surface area contributed by atoms with Gasteiger partial charge in [0.15, 0.2) is 0 Å². The second-order valence-corrected chi connectivity index (χ2v) is 5.19. The summed E-state index contributed by atoms with van der Waals surface area (Å²) in [5.74, 6) is 0. The molecule has 0 saturated heterocycles. The molecule has 0 bridgehead atoms. The Kier molecular flexibility index (Phi) is 5.58. The van der Waals surface area contributed by atoms with Crippen LogP contribution in [0.15, 0.2) is 30.3 Å². The highest BCUT2D eigenvalue weighted by Crippen LogP contribution is 2.04. The Labute approximate surface area is 84.2 Å². The minimum Gasteiger partial charge on any atom is -0.0654 e. The second kappa shape index (κ2) is 6.90. The molecule has 13 heavy (non-hydrogen) atoms. The summed E-state index contributed by atoms with van der Waals surface area (Å²) in [4.78, 5) is 0. The van der Waals surface area contributed by atoms with Gasteiger partial charge < -0.3 is 0 Å². The minimum absolute atomic E-state index is 0.711. The Morgan fingerprint density at radius 2 is 1.85 bits per heavy atom. The molecule has 0 aliphatic rings. The smallest absolute Gasteiger partial charge is 0.0283 e. The molecule has 0 atom stereocenters. The van der Waals surface area contributed by atoms with Crippen molar-refractivity contribution < 1.29 is 0 Å². The standard InChI is InChI=1S/C12H19Si/c1-2-3-10-13-11-9-12-7-5-4-6-8-12/h4-8,13H,2-3,9-11H2,1H3. The number of hydrogen-bond donors (Lipinski definition) is 0. The predicted molar refractivity (Wildman–Crippen MR) is 61.8 cm³/mol. The first-order valence-electron chi connectivity index (χ1n) is 5.29. The van der Waals surface area contributed by atoms with Crippen LogP contribution in [0.5, 0.6) is 0 Å². The topological polar surface area (TPSA) is 0 Å². The van der Waals surface area contributed by atoms with Crippen molar-refractivity contribution in [3.63, 3.8) is 0 Å². The van der Waals surface area contributed by atoms with Crippen molar-refractivity contribution in [3.05, 3.63) is 35.9 Å². The van der Waals surface area contributed by atoms with Crippen LogP contribution >= 0.6 is 0 Å². The lowest BCUT2D eigenvalue weighted by molar-refractivity contribution is 0.875. The molecule has 0 fully saturated rings. The maximum atomic E-state index is 2.27. The van der Waals surface area contributed by atoms with Crippen LogP contribution in [-0.2, 0) is 6.42 Å². The van der Waals surface area contributed by atoms with Gasteiger partial charge in [0.25, 0.3) is 0 Å². The summed E-state index contributed by atoms with van der Waals surface area (Å²) in [6.07, 6.45) is 4.09. The van der Waals surface area contributed by atoms with Crippen molar-refractivity contribution >= 4 is 9.52 Å². The lowest BCUT2D eigenvalue weighted by Gasteiger charge is -1.99. The SMILES string of the molecule is CCCC[SiH]CCc1ccccc1. The number of unbranched alkanes of at least 4 members (excludes halogenated alkanes) is 1. The quantitative estimate of drug-likeness (QED) is 0.478. The fourth-order valence-corrected chi connectivity index (χ4v) is 2.93. The van der Waals surface area contributed by atoms with E-state index in [9.17, 15) is 0 Å². The van der Waals surface area contributed by atoms with E-state index in [1.54, 1.807) is 0 Å². The number of benzene rings is 1. The van der Waals surface area contributed by atoms with Gasteiger partial charge in [-0.15, -0.1) is 0 Å². The van der Waals surface area contributed by atoms with Crippen LogP contribution in [0.25, 0.3) is 0 Å². The molecule has 71 valence electrons. The zero-order valence-corrected chi connectivity index (χ0v) is 9.65. The summed E-state index contributed by atoms with van der Waals surface area (Å²) in [6.45, 7) is 2.27. The van der Waals surface area contributed by atoms with Gasteiger partial charge in [0, 0.05) is 9.52 Å². The normalized spacial score (nSPS) is 10.2. The highest BCUT2D eigenvalue weighted by molar-refractivity contribution is 6.35. The lowest BCUT2D eigenvalue weighted by atomic mass is 10.2. The molecule has 1 radical (unpaired) electrons. The third-order valence-electron chi connectivity index (χ3n) is 2.24. The summed E-state index contributed by atoms with van der Waals surface area (Å²) in [7, 11) is 0.711. The zero-order chi connectivity index (χ0) is 9.36. The van der Waals surface area contributed by atoms with Gasteiger partial charge in [0.05, 0.1) is 0 Å². The van der Waals surface area contributed by atoms with Crippen molar-refractivity contribution in [3.8, 4) is 0 Å². The first kappa shape index (κ1) is 10.5. The van der Waals surface area contributed by atoms with E-state index in [0.717, 1.165) is 0 Å². The molecule has 0 aromatic heterocycles. The summed E-state index contributed by atoms with van der Waals surface area (Å²) in [6, 6.07) is 13.8. The molecule has 0 amide bonds. The zero-order valence-electron chi connectivity index (χ0n) is 8.50. The Morgan fingerprint density at radius 3 is 2.54 bits per heavy atom. The van der Waals surface area contributed by atoms with Crippen LogP contribution in [0.4, 0.5) is 0 Å². The summed E-state index contributed by atoms with van der Waals surface area (Å²) < 4.78 is 0. The molecule has 1 aromatic carbocycles. The Bertz CT molecular complexity index is 206.